The summed E-state index contributed by atoms with van der Waals surface area (Å²) in [7, 11) is 0. The Bertz CT molecular complexity index is 406. The Hall–Kier alpha value is 0.0400. The van der Waals surface area contributed by atoms with Gasteiger partial charge in [-0.2, -0.15) is 0 Å². The molecule has 2 rings (SSSR count). The van der Waals surface area contributed by atoms with Gasteiger partial charge in [-0.3, -0.25) is 0 Å². The summed E-state index contributed by atoms with van der Waals surface area (Å²) < 4.78 is 0.800. The molecule has 1 aliphatic carbocycles. The molecule has 0 aliphatic heterocycles. The van der Waals surface area contributed by atoms with Crippen molar-refractivity contribution in [3.63, 3.8) is 0 Å². The van der Waals surface area contributed by atoms with Gasteiger partial charge in [0.05, 0.1) is 21.8 Å². The zero-order valence-corrected chi connectivity index (χ0v) is 12.3. The number of benzene rings is 1. The minimum atomic E-state index is -0.142. The second kappa shape index (κ2) is 5.79. The van der Waals surface area contributed by atoms with Crippen LogP contribution in [0.5, 0.6) is 0 Å². The van der Waals surface area contributed by atoms with Crippen molar-refractivity contribution in [2.45, 2.75) is 37.8 Å². The van der Waals surface area contributed by atoms with Gasteiger partial charge in [-0.25, -0.2) is 0 Å². The molecule has 2 nitrogen and oxygen atoms in total. The van der Waals surface area contributed by atoms with E-state index < -0.39 is 0 Å². The van der Waals surface area contributed by atoms with E-state index in [0.29, 0.717) is 16.1 Å². The molecule has 1 aliphatic rings. The van der Waals surface area contributed by atoms with Crippen molar-refractivity contribution in [1.82, 2.24) is 0 Å². The molecule has 0 spiro atoms. The SMILES string of the molecule is OC1CCC(Nc2ccc(Br)c(Cl)c2Cl)CC1. The minimum Gasteiger partial charge on any atom is -0.393 e. The third-order valence-electron chi connectivity index (χ3n) is 3.09. The van der Waals surface area contributed by atoms with Gasteiger partial charge in [-0.15, -0.1) is 0 Å². The highest BCUT2D eigenvalue weighted by Crippen LogP contribution is 2.37. The number of nitrogens with one attached hydrogen (secondary N) is 1. The Morgan fingerprint density at radius 1 is 1.12 bits per heavy atom. The van der Waals surface area contributed by atoms with E-state index in [1.807, 2.05) is 12.1 Å². The molecule has 94 valence electrons. The van der Waals surface area contributed by atoms with Gasteiger partial charge >= 0.3 is 0 Å². The minimum absolute atomic E-state index is 0.142. The normalized spacial score (nSPS) is 24.7. The quantitative estimate of drug-likeness (QED) is 0.779. The largest absolute Gasteiger partial charge is 0.393 e. The van der Waals surface area contributed by atoms with Crippen LogP contribution in [0.1, 0.15) is 25.7 Å². The van der Waals surface area contributed by atoms with Gasteiger partial charge in [0.1, 0.15) is 0 Å². The summed E-state index contributed by atoms with van der Waals surface area (Å²) in [6.07, 6.45) is 3.48. The number of aliphatic hydroxyl groups is 1. The van der Waals surface area contributed by atoms with Crippen molar-refractivity contribution in [2.75, 3.05) is 5.32 Å². The molecule has 0 aromatic heterocycles. The van der Waals surface area contributed by atoms with Crippen LogP contribution in [-0.2, 0) is 0 Å². The molecule has 5 heteroatoms. The van der Waals surface area contributed by atoms with Gasteiger partial charge in [-0.05, 0) is 53.7 Å². The van der Waals surface area contributed by atoms with Crippen molar-refractivity contribution >= 4 is 44.8 Å². The molecular formula is C12H14BrCl2NO. The maximum Gasteiger partial charge on any atom is 0.0835 e. The predicted molar refractivity (Wildman–Crippen MR) is 76.0 cm³/mol. The smallest absolute Gasteiger partial charge is 0.0835 e. The summed E-state index contributed by atoms with van der Waals surface area (Å²) in [6.45, 7) is 0. The fourth-order valence-electron chi connectivity index (χ4n) is 2.08. The molecule has 0 radical (unpaired) electrons. The first kappa shape index (κ1) is 13.5. The lowest BCUT2D eigenvalue weighted by Gasteiger charge is -2.27. The molecule has 1 saturated carbocycles. The van der Waals surface area contributed by atoms with Crippen molar-refractivity contribution < 1.29 is 5.11 Å². The molecular weight excluding hydrogens is 325 g/mol. The van der Waals surface area contributed by atoms with Crippen LogP contribution in [-0.4, -0.2) is 17.3 Å². The van der Waals surface area contributed by atoms with Crippen molar-refractivity contribution in [2.24, 2.45) is 0 Å². The highest BCUT2D eigenvalue weighted by molar-refractivity contribution is 9.10. The van der Waals surface area contributed by atoms with E-state index in [0.717, 1.165) is 35.8 Å². The van der Waals surface area contributed by atoms with Crippen LogP contribution in [0.3, 0.4) is 0 Å². The van der Waals surface area contributed by atoms with Crippen LogP contribution >= 0.6 is 39.1 Å². The molecule has 1 aromatic carbocycles. The molecule has 0 bridgehead atoms. The highest BCUT2D eigenvalue weighted by Gasteiger charge is 2.20. The van der Waals surface area contributed by atoms with Gasteiger partial charge in [0.15, 0.2) is 0 Å². The van der Waals surface area contributed by atoms with Crippen LogP contribution in [0, 0.1) is 0 Å². The standard InChI is InChI=1S/C12H14BrCl2NO/c13-9-5-6-10(12(15)11(9)14)16-7-1-3-8(17)4-2-7/h5-8,16-17H,1-4H2. The van der Waals surface area contributed by atoms with Crippen LogP contribution in [0.25, 0.3) is 0 Å². The van der Waals surface area contributed by atoms with E-state index in [1.54, 1.807) is 0 Å². The number of rotatable bonds is 2. The van der Waals surface area contributed by atoms with E-state index in [9.17, 15) is 5.11 Å². The number of aliphatic hydroxyl groups excluding tert-OH is 1. The second-order valence-electron chi connectivity index (χ2n) is 4.37. The number of halogens is 3. The maximum atomic E-state index is 9.45. The predicted octanol–water partition coefficient (Wildman–Crippen LogP) is 4.47. The Morgan fingerprint density at radius 3 is 2.41 bits per heavy atom. The lowest BCUT2D eigenvalue weighted by molar-refractivity contribution is 0.126. The fraction of sp³-hybridized carbons (Fsp3) is 0.500. The van der Waals surface area contributed by atoms with E-state index in [2.05, 4.69) is 21.2 Å². The second-order valence-corrected chi connectivity index (χ2v) is 5.98. The number of hydrogen-bond acceptors (Lipinski definition) is 2. The van der Waals surface area contributed by atoms with Gasteiger partial charge in [-0.1, -0.05) is 23.2 Å². The van der Waals surface area contributed by atoms with Gasteiger partial charge in [0, 0.05) is 10.5 Å². The Kier molecular flexibility index (Phi) is 4.59. The summed E-state index contributed by atoms with van der Waals surface area (Å²) >= 11 is 15.6. The van der Waals surface area contributed by atoms with Crippen LogP contribution in [0.15, 0.2) is 16.6 Å². The fourth-order valence-corrected chi connectivity index (χ4v) is 2.91. The zero-order valence-electron chi connectivity index (χ0n) is 9.22. The third-order valence-corrected chi connectivity index (χ3v) is 4.86. The molecule has 1 fully saturated rings. The number of hydrogen-bond donors (Lipinski definition) is 2. The van der Waals surface area contributed by atoms with Gasteiger partial charge < -0.3 is 10.4 Å². The van der Waals surface area contributed by atoms with Gasteiger partial charge in [0.25, 0.3) is 0 Å². The Balaban J connectivity index is 2.06. The van der Waals surface area contributed by atoms with Crippen LogP contribution < -0.4 is 5.32 Å². The van der Waals surface area contributed by atoms with E-state index in [-0.39, 0.29) is 6.10 Å². The monoisotopic (exact) mass is 337 g/mol. The lowest BCUT2D eigenvalue weighted by Crippen LogP contribution is -2.28. The lowest BCUT2D eigenvalue weighted by atomic mass is 9.93. The first-order valence-electron chi connectivity index (χ1n) is 5.66. The zero-order chi connectivity index (χ0) is 12.4. The Morgan fingerprint density at radius 2 is 1.76 bits per heavy atom. The molecule has 0 atom stereocenters. The first-order chi connectivity index (χ1) is 8.08. The molecule has 0 unspecified atom stereocenters. The highest BCUT2D eigenvalue weighted by atomic mass is 79.9. The molecule has 0 amide bonds. The van der Waals surface area contributed by atoms with Gasteiger partial charge in [0.2, 0.25) is 0 Å². The van der Waals surface area contributed by atoms with E-state index >= 15 is 0 Å². The van der Waals surface area contributed by atoms with E-state index in [1.165, 1.54) is 0 Å². The molecule has 1 aromatic rings. The summed E-state index contributed by atoms with van der Waals surface area (Å²) in [4.78, 5) is 0. The number of anilines is 1. The van der Waals surface area contributed by atoms with Crippen molar-refractivity contribution in [3.05, 3.63) is 26.7 Å². The average molecular weight is 339 g/mol. The van der Waals surface area contributed by atoms with Crippen molar-refractivity contribution in [1.29, 1.82) is 0 Å². The average Bonchev–Trinajstić information content (AvgIpc) is 2.33. The van der Waals surface area contributed by atoms with Crippen LogP contribution in [0.2, 0.25) is 10.0 Å². The third kappa shape index (κ3) is 3.28. The van der Waals surface area contributed by atoms with Crippen molar-refractivity contribution in [3.8, 4) is 0 Å². The van der Waals surface area contributed by atoms with E-state index in [4.69, 9.17) is 23.2 Å². The summed E-state index contributed by atoms with van der Waals surface area (Å²) in [5, 5.41) is 13.9. The molecule has 17 heavy (non-hydrogen) atoms. The topological polar surface area (TPSA) is 32.3 Å². The van der Waals surface area contributed by atoms with Crippen LogP contribution in [0.4, 0.5) is 5.69 Å². The molecule has 0 saturated heterocycles. The maximum absolute atomic E-state index is 9.45. The molecule has 0 heterocycles. The Labute approximate surface area is 119 Å². The first-order valence-corrected chi connectivity index (χ1v) is 7.21. The summed E-state index contributed by atoms with van der Waals surface area (Å²) in [6, 6.07) is 4.17. The summed E-state index contributed by atoms with van der Waals surface area (Å²) in [5.41, 5.74) is 0.862. The summed E-state index contributed by atoms with van der Waals surface area (Å²) in [5.74, 6) is 0. The molecule has 2 N–H and O–H groups in total.